The first kappa shape index (κ1) is 24.9. The van der Waals surface area contributed by atoms with Crippen molar-refractivity contribution in [2.75, 3.05) is 39.5 Å². The van der Waals surface area contributed by atoms with E-state index in [4.69, 9.17) is 13.9 Å². The van der Waals surface area contributed by atoms with E-state index in [0.717, 1.165) is 55.1 Å². The molecule has 1 aromatic heterocycles. The molecule has 3 aromatic rings. The molecule has 1 atom stereocenters. The molecular weight excluding hydrogens is 448 g/mol. The monoisotopic (exact) mass is 480 g/mol. The van der Waals surface area contributed by atoms with Crippen LogP contribution < -0.4 is 15.8 Å². The van der Waals surface area contributed by atoms with Crippen molar-refractivity contribution in [3.63, 3.8) is 0 Å². The Labute approximate surface area is 204 Å². The van der Waals surface area contributed by atoms with E-state index >= 15 is 0 Å². The quantitative estimate of drug-likeness (QED) is 0.261. The van der Waals surface area contributed by atoms with Gasteiger partial charge in [0.05, 0.1) is 13.2 Å². The van der Waals surface area contributed by atoms with Crippen molar-refractivity contribution in [1.82, 2.24) is 10.4 Å². The molecule has 2 aromatic carbocycles. The van der Waals surface area contributed by atoms with Gasteiger partial charge in [-0.2, -0.15) is 0 Å². The Morgan fingerprint density at radius 2 is 2.00 bits per heavy atom. The number of benzene rings is 2. The van der Waals surface area contributed by atoms with E-state index in [0.29, 0.717) is 30.6 Å². The van der Waals surface area contributed by atoms with Gasteiger partial charge in [-0.1, -0.05) is 24.3 Å². The number of hydroxylamine groups is 1. The van der Waals surface area contributed by atoms with Crippen molar-refractivity contribution in [2.24, 2.45) is 5.92 Å². The zero-order chi connectivity index (χ0) is 24.6. The summed E-state index contributed by atoms with van der Waals surface area (Å²) in [4.78, 5) is 27.2. The highest BCUT2D eigenvalue weighted by Gasteiger charge is 2.21. The molecular formula is C27H32N2O6. The third kappa shape index (κ3) is 6.91. The predicted octanol–water partition coefficient (Wildman–Crippen LogP) is 3.11. The molecule has 0 saturated carbocycles. The fraction of sp³-hybridized carbons (Fsp3) is 0.407. The highest BCUT2D eigenvalue weighted by Crippen LogP contribution is 2.21. The lowest BCUT2D eigenvalue weighted by molar-refractivity contribution is -0.133. The molecule has 2 N–H and O–H groups in total. The van der Waals surface area contributed by atoms with Crippen LogP contribution in [0.3, 0.4) is 0 Å². The second-order valence-electron chi connectivity index (χ2n) is 8.97. The first-order chi connectivity index (χ1) is 17.0. The van der Waals surface area contributed by atoms with Crippen LogP contribution in [0, 0.1) is 12.8 Å². The third-order valence-corrected chi connectivity index (χ3v) is 6.37. The van der Waals surface area contributed by atoms with Gasteiger partial charge in [-0.05, 0) is 61.6 Å². The number of nitrogens with one attached hydrogen (secondary N) is 1. The van der Waals surface area contributed by atoms with Gasteiger partial charge in [0, 0.05) is 36.5 Å². The van der Waals surface area contributed by atoms with Gasteiger partial charge in [-0.25, -0.2) is 10.3 Å². The minimum atomic E-state index is -0.586. The maximum Gasteiger partial charge on any atom is 0.339 e. The number of rotatable bonds is 10. The molecule has 35 heavy (non-hydrogen) atoms. The van der Waals surface area contributed by atoms with Crippen LogP contribution in [-0.4, -0.2) is 55.5 Å². The SMILES string of the molecule is Cc1ccc2cc(CC(CCc3cccc(OCCN4CCOCC4)c3)C(=O)NO)c(=O)oc2c1. The lowest BCUT2D eigenvalue weighted by atomic mass is 9.92. The van der Waals surface area contributed by atoms with E-state index in [2.05, 4.69) is 4.90 Å². The number of hydrogen-bond donors (Lipinski definition) is 2. The van der Waals surface area contributed by atoms with Gasteiger partial charge in [-0.3, -0.25) is 14.9 Å². The average Bonchev–Trinajstić information content (AvgIpc) is 2.87. The number of morpholine rings is 1. The topological polar surface area (TPSA) is 101 Å². The number of ether oxygens (including phenoxy) is 2. The molecule has 8 heteroatoms. The summed E-state index contributed by atoms with van der Waals surface area (Å²) in [5, 5.41) is 10.1. The Morgan fingerprint density at radius 3 is 2.80 bits per heavy atom. The second kappa shape index (κ2) is 12.0. The number of amides is 1. The minimum absolute atomic E-state index is 0.175. The zero-order valence-corrected chi connectivity index (χ0v) is 20.0. The lowest BCUT2D eigenvalue weighted by Crippen LogP contribution is -2.38. The lowest BCUT2D eigenvalue weighted by Gasteiger charge is -2.26. The Morgan fingerprint density at radius 1 is 1.17 bits per heavy atom. The van der Waals surface area contributed by atoms with Gasteiger partial charge in [-0.15, -0.1) is 0 Å². The number of aryl methyl sites for hydroxylation is 2. The van der Waals surface area contributed by atoms with Crippen molar-refractivity contribution in [3.8, 4) is 5.75 Å². The summed E-state index contributed by atoms with van der Waals surface area (Å²) < 4.78 is 16.8. The number of carbonyl (C=O) groups is 1. The molecule has 0 radical (unpaired) electrons. The van der Waals surface area contributed by atoms with Crippen molar-refractivity contribution < 1.29 is 23.9 Å². The van der Waals surface area contributed by atoms with Gasteiger partial charge < -0.3 is 13.9 Å². The highest BCUT2D eigenvalue weighted by atomic mass is 16.5. The van der Waals surface area contributed by atoms with E-state index in [-0.39, 0.29) is 6.42 Å². The molecule has 1 saturated heterocycles. The molecule has 1 amide bonds. The van der Waals surface area contributed by atoms with Gasteiger partial charge in [0.25, 0.3) is 0 Å². The number of hydrogen-bond acceptors (Lipinski definition) is 7. The second-order valence-corrected chi connectivity index (χ2v) is 8.97. The zero-order valence-electron chi connectivity index (χ0n) is 20.0. The third-order valence-electron chi connectivity index (χ3n) is 6.37. The molecule has 0 spiro atoms. The van der Waals surface area contributed by atoms with Crippen LogP contribution in [0.15, 0.2) is 57.7 Å². The summed E-state index contributed by atoms with van der Waals surface area (Å²) in [6.45, 7) is 6.74. The molecule has 2 heterocycles. The molecule has 8 nitrogen and oxygen atoms in total. The van der Waals surface area contributed by atoms with Crippen molar-refractivity contribution in [3.05, 3.63) is 75.6 Å². The van der Waals surface area contributed by atoms with E-state index in [9.17, 15) is 14.8 Å². The van der Waals surface area contributed by atoms with Crippen LogP contribution in [0.5, 0.6) is 5.75 Å². The molecule has 0 aliphatic carbocycles. The van der Waals surface area contributed by atoms with Crippen molar-refractivity contribution in [1.29, 1.82) is 0 Å². The number of fused-ring (bicyclic) bond motifs is 1. The van der Waals surface area contributed by atoms with Gasteiger partial charge in [0.1, 0.15) is 17.9 Å². The normalized spacial score (nSPS) is 15.1. The Bertz CT molecular complexity index is 1200. The van der Waals surface area contributed by atoms with Crippen molar-refractivity contribution >= 4 is 16.9 Å². The molecule has 1 aliphatic heterocycles. The Balaban J connectivity index is 1.38. The van der Waals surface area contributed by atoms with E-state index in [1.165, 1.54) is 0 Å². The van der Waals surface area contributed by atoms with Crippen LogP contribution >= 0.6 is 0 Å². The predicted molar refractivity (Wildman–Crippen MR) is 132 cm³/mol. The van der Waals surface area contributed by atoms with Crippen LogP contribution in [0.1, 0.15) is 23.1 Å². The van der Waals surface area contributed by atoms with Gasteiger partial charge in [0.2, 0.25) is 5.91 Å². The molecule has 1 fully saturated rings. The minimum Gasteiger partial charge on any atom is -0.492 e. The Hall–Kier alpha value is -3.20. The summed E-state index contributed by atoms with van der Waals surface area (Å²) >= 11 is 0. The Kier molecular flexibility index (Phi) is 8.52. The summed E-state index contributed by atoms with van der Waals surface area (Å²) in [6.07, 6.45) is 1.22. The molecule has 1 aliphatic rings. The van der Waals surface area contributed by atoms with Crippen LogP contribution in [0.25, 0.3) is 11.0 Å². The first-order valence-corrected chi connectivity index (χ1v) is 12.0. The highest BCUT2D eigenvalue weighted by molar-refractivity contribution is 5.79. The van der Waals surface area contributed by atoms with Crippen LogP contribution in [0.2, 0.25) is 0 Å². The van der Waals surface area contributed by atoms with Crippen LogP contribution in [-0.2, 0) is 22.4 Å². The standard InChI is InChI=1S/C27H32N2O6/c1-19-5-7-21-17-23(27(31)35-25(21)15-19)18-22(26(30)28-32)8-6-20-3-2-4-24(16-20)34-14-11-29-9-12-33-13-10-29/h2-5,7,15-17,22,32H,6,8-14,18H2,1H3,(H,28,30). The van der Waals surface area contributed by atoms with Gasteiger partial charge in [0.15, 0.2) is 0 Å². The van der Waals surface area contributed by atoms with Crippen LogP contribution in [0.4, 0.5) is 0 Å². The maximum absolute atomic E-state index is 12.5. The number of carbonyl (C=O) groups excluding carboxylic acids is 1. The van der Waals surface area contributed by atoms with Crippen molar-refractivity contribution in [2.45, 2.75) is 26.2 Å². The smallest absolute Gasteiger partial charge is 0.339 e. The summed E-state index contributed by atoms with van der Waals surface area (Å²) in [5.74, 6) is -0.326. The van der Waals surface area contributed by atoms with E-state index in [1.807, 2.05) is 49.4 Å². The fourth-order valence-electron chi connectivity index (χ4n) is 4.34. The molecule has 1 unspecified atom stereocenters. The fourth-order valence-corrected chi connectivity index (χ4v) is 4.34. The molecule has 0 bridgehead atoms. The van der Waals surface area contributed by atoms with Gasteiger partial charge >= 0.3 is 5.63 Å². The maximum atomic E-state index is 12.5. The molecule has 4 rings (SSSR count). The summed E-state index contributed by atoms with van der Waals surface area (Å²) in [6, 6.07) is 15.2. The summed E-state index contributed by atoms with van der Waals surface area (Å²) in [5.41, 5.74) is 4.23. The number of nitrogens with zero attached hydrogens (tertiary/aromatic N) is 1. The van der Waals surface area contributed by atoms with E-state index in [1.54, 1.807) is 11.5 Å². The first-order valence-electron chi connectivity index (χ1n) is 12.0. The largest absolute Gasteiger partial charge is 0.492 e. The van der Waals surface area contributed by atoms with E-state index < -0.39 is 17.5 Å². The summed E-state index contributed by atoms with van der Waals surface area (Å²) in [7, 11) is 0. The average molecular weight is 481 g/mol. The molecule has 186 valence electrons.